The molecule has 0 spiro atoms. The molecule has 2 rings (SSSR count). The van der Waals surface area contributed by atoms with Gasteiger partial charge < -0.3 is 0 Å². The summed E-state index contributed by atoms with van der Waals surface area (Å²) in [6, 6.07) is 21.8. The van der Waals surface area contributed by atoms with Crippen molar-refractivity contribution in [1.82, 2.24) is 0 Å². The normalized spacial score (nSPS) is 14.5. The molecule has 2 aromatic carbocycles. The van der Waals surface area contributed by atoms with Crippen LogP contribution in [-0.4, -0.2) is 0 Å². The van der Waals surface area contributed by atoms with Crippen molar-refractivity contribution < 1.29 is 0 Å². The lowest BCUT2D eigenvalue weighted by Crippen LogP contribution is -1.97. The zero-order valence-corrected chi connectivity index (χ0v) is 14.8. The Kier molecular flexibility index (Phi) is 7.13. The monoisotopic (exact) mass is 306 g/mol. The average Bonchev–Trinajstić information content (AvgIpc) is 2.62. The third-order valence-corrected chi connectivity index (χ3v) is 4.85. The highest BCUT2D eigenvalue weighted by atomic mass is 14.1. The van der Waals surface area contributed by atoms with Gasteiger partial charge in [-0.25, -0.2) is 0 Å². The first-order chi connectivity index (χ1) is 11.2. The van der Waals surface area contributed by atoms with Crippen LogP contribution in [0.5, 0.6) is 0 Å². The van der Waals surface area contributed by atoms with Crippen LogP contribution in [0.4, 0.5) is 0 Å². The van der Waals surface area contributed by atoms with Crippen LogP contribution < -0.4 is 0 Å². The van der Waals surface area contributed by atoms with Crippen molar-refractivity contribution in [3.8, 4) is 0 Å². The summed E-state index contributed by atoms with van der Waals surface area (Å²) in [6.07, 6.45) is 7.24. The fourth-order valence-corrected chi connectivity index (χ4v) is 3.10. The second-order valence-corrected chi connectivity index (χ2v) is 6.65. The van der Waals surface area contributed by atoms with E-state index in [1.165, 1.54) is 36.0 Å². The third-order valence-electron chi connectivity index (χ3n) is 4.85. The minimum absolute atomic E-state index is 0.635. The molecule has 2 unspecified atom stereocenters. The van der Waals surface area contributed by atoms with Gasteiger partial charge in [-0.3, -0.25) is 0 Å². The molecule has 2 atom stereocenters. The third kappa shape index (κ3) is 5.71. The molecule has 0 heterocycles. The summed E-state index contributed by atoms with van der Waals surface area (Å²) in [5, 5.41) is 0. The van der Waals surface area contributed by atoms with Crippen molar-refractivity contribution in [2.24, 2.45) is 0 Å². The van der Waals surface area contributed by atoms with Gasteiger partial charge in [-0.15, -0.1) is 0 Å². The summed E-state index contributed by atoms with van der Waals surface area (Å²) in [6.45, 7) is 6.91. The molecule has 0 radical (unpaired) electrons. The molecule has 23 heavy (non-hydrogen) atoms. The SMILES string of the molecule is CCC(C/C=C(\C)CCC(C)c1ccccc1)c1ccccc1. The van der Waals surface area contributed by atoms with Gasteiger partial charge in [0.15, 0.2) is 0 Å². The molecule has 0 aliphatic rings. The lowest BCUT2D eigenvalue weighted by molar-refractivity contribution is 0.655. The predicted molar refractivity (Wildman–Crippen MR) is 102 cm³/mol. The first-order valence-corrected chi connectivity index (χ1v) is 8.96. The quantitative estimate of drug-likeness (QED) is 0.456. The minimum Gasteiger partial charge on any atom is -0.0850 e. The van der Waals surface area contributed by atoms with E-state index in [-0.39, 0.29) is 0 Å². The Labute approximate surface area is 142 Å². The molecule has 0 aliphatic heterocycles. The molecular weight excluding hydrogens is 276 g/mol. The Morgan fingerprint density at radius 3 is 2.04 bits per heavy atom. The van der Waals surface area contributed by atoms with E-state index in [9.17, 15) is 0 Å². The predicted octanol–water partition coefficient (Wildman–Crippen LogP) is 7.10. The second kappa shape index (κ2) is 9.35. The van der Waals surface area contributed by atoms with Gasteiger partial charge in [0.25, 0.3) is 0 Å². The molecule has 0 aliphatic carbocycles. The van der Waals surface area contributed by atoms with Crippen LogP contribution in [0.25, 0.3) is 0 Å². The number of benzene rings is 2. The Hall–Kier alpha value is -1.82. The van der Waals surface area contributed by atoms with Crippen LogP contribution in [0.2, 0.25) is 0 Å². The van der Waals surface area contributed by atoms with Crippen LogP contribution in [0.3, 0.4) is 0 Å². The van der Waals surface area contributed by atoms with E-state index in [2.05, 4.69) is 87.5 Å². The van der Waals surface area contributed by atoms with Gasteiger partial charge in [-0.05, 0) is 55.6 Å². The molecule has 0 saturated carbocycles. The Morgan fingerprint density at radius 1 is 0.913 bits per heavy atom. The minimum atomic E-state index is 0.635. The summed E-state index contributed by atoms with van der Waals surface area (Å²) in [4.78, 5) is 0. The first-order valence-electron chi connectivity index (χ1n) is 8.96. The fraction of sp³-hybridized carbons (Fsp3) is 0.391. The van der Waals surface area contributed by atoms with E-state index >= 15 is 0 Å². The van der Waals surface area contributed by atoms with Crippen molar-refractivity contribution in [2.75, 3.05) is 0 Å². The fourth-order valence-electron chi connectivity index (χ4n) is 3.10. The zero-order chi connectivity index (χ0) is 16.5. The van der Waals surface area contributed by atoms with Crippen LogP contribution in [-0.2, 0) is 0 Å². The van der Waals surface area contributed by atoms with Crippen molar-refractivity contribution in [1.29, 1.82) is 0 Å². The summed E-state index contributed by atoms with van der Waals surface area (Å²) >= 11 is 0. The maximum absolute atomic E-state index is 2.46. The van der Waals surface area contributed by atoms with Crippen molar-refractivity contribution in [3.63, 3.8) is 0 Å². The summed E-state index contributed by atoms with van der Waals surface area (Å²) in [5.41, 5.74) is 4.45. The smallest absolute Gasteiger partial charge is 0.0130 e. The number of hydrogen-bond donors (Lipinski definition) is 0. The molecule has 0 fully saturated rings. The highest BCUT2D eigenvalue weighted by Gasteiger charge is 2.08. The number of rotatable bonds is 8. The van der Waals surface area contributed by atoms with Crippen molar-refractivity contribution in [3.05, 3.63) is 83.4 Å². The lowest BCUT2D eigenvalue weighted by Gasteiger charge is -2.15. The molecule has 0 aromatic heterocycles. The Balaban J connectivity index is 1.85. The standard InChI is InChI=1S/C23H30/c1-4-21(23-13-9-6-10-14-23)18-16-19(2)15-17-20(3)22-11-7-5-8-12-22/h5-14,16,20-21H,4,15,17-18H2,1-3H3/b19-16+. The van der Waals surface area contributed by atoms with Crippen molar-refractivity contribution >= 4 is 0 Å². The Bertz CT molecular complexity index is 580. The van der Waals surface area contributed by atoms with Crippen LogP contribution in [0, 0.1) is 0 Å². The largest absolute Gasteiger partial charge is 0.0850 e. The summed E-state index contributed by atoms with van der Waals surface area (Å²) < 4.78 is 0. The molecule has 122 valence electrons. The van der Waals surface area contributed by atoms with E-state index in [0.29, 0.717) is 11.8 Å². The number of allylic oxidation sites excluding steroid dienone is 2. The van der Waals surface area contributed by atoms with Gasteiger partial charge in [0.1, 0.15) is 0 Å². The molecular formula is C23H30. The van der Waals surface area contributed by atoms with E-state index in [4.69, 9.17) is 0 Å². The topological polar surface area (TPSA) is 0 Å². The van der Waals surface area contributed by atoms with Gasteiger partial charge >= 0.3 is 0 Å². The lowest BCUT2D eigenvalue weighted by atomic mass is 9.91. The Morgan fingerprint density at radius 2 is 1.48 bits per heavy atom. The molecule has 0 nitrogen and oxygen atoms in total. The highest BCUT2D eigenvalue weighted by Crippen LogP contribution is 2.26. The maximum Gasteiger partial charge on any atom is -0.0130 e. The van der Waals surface area contributed by atoms with Crippen molar-refractivity contribution in [2.45, 2.75) is 58.3 Å². The van der Waals surface area contributed by atoms with Gasteiger partial charge in [0.05, 0.1) is 0 Å². The summed E-state index contributed by atoms with van der Waals surface area (Å²) in [5.74, 6) is 1.29. The highest BCUT2D eigenvalue weighted by molar-refractivity contribution is 5.21. The average molecular weight is 306 g/mol. The van der Waals surface area contributed by atoms with E-state index in [0.717, 1.165) is 6.42 Å². The van der Waals surface area contributed by atoms with Crippen LogP contribution in [0.1, 0.15) is 69.4 Å². The maximum atomic E-state index is 2.46. The number of hydrogen-bond acceptors (Lipinski definition) is 0. The molecule has 2 aromatic rings. The molecule has 0 bridgehead atoms. The van der Waals surface area contributed by atoms with E-state index < -0.39 is 0 Å². The zero-order valence-electron chi connectivity index (χ0n) is 14.8. The van der Waals surface area contributed by atoms with Crippen LogP contribution in [0.15, 0.2) is 72.3 Å². The van der Waals surface area contributed by atoms with Gasteiger partial charge in [0.2, 0.25) is 0 Å². The van der Waals surface area contributed by atoms with Gasteiger partial charge in [-0.2, -0.15) is 0 Å². The van der Waals surface area contributed by atoms with Gasteiger partial charge in [0, 0.05) is 0 Å². The van der Waals surface area contributed by atoms with Crippen LogP contribution >= 0.6 is 0 Å². The molecule has 0 saturated heterocycles. The van der Waals surface area contributed by atoms with E-state index in [1.807, 2.05) is 0 Å². The molecule has 0 heteroatoms. The van der Waals surface area contributed by atoms with E-state index in [1.54, 1.807) is 0 Å². The van der Waals surface area contributed by atoms with Gasteiger partial charge in [-0.1, -0.05) is 86.2 Å². The summed E-state index contributed by atoms with van der Waals surface area (Å²) in [7, 11) is 0. The molecule has 0 N–H and O–H groups in total. The molecule has 0 amide bonds. The first kappa shape index (κ1) is 17.5. The second-order valence-electron chi connectivity index (χ2n) is 6.65.